The average molecular weight is 294 g/mol. The minimum Gasteiger partial charge on any atom is -0.480 e. The van der Waals surface area contributed by atoms with Crippen molar-refractivity contribution in [2.24, 2.45) is 5.92 Å². The van der Waals surface area contributed by atoms with E-state index in [-0.39, 0.29) is 18.5 Å². The lowest BCUT2D eigenvalue weighted by Gasteiger charge is -2.18. The number of aromatic amines is 1. The molecule has 1 fully saturated rings. The number of carbonyl (C=O) groups is 2. The maximum atomic E-state index is 12.2. The van der Waals surface area contributed by atoms with Crippen molar-refractivity contribution in [3.05, 3.63) is 17.5 Å². The zero-order valence-electron chi connectivity index (χ0n) is 12.4. The molecule has 0 aliphatic carbocycles. The van der Waals surface area contributed by atoms with E-state index in [1.54, 1.807) is 6.07 Å². The predicted octanol–water partition coefficient (Wildman–Crippen LogP) is 0.633. The van der Waals surface area contributed by atoms with Crippen LogP contribution in [-0.2, 0) is 4.79 Å². The number of aryl methyl sites for hydroxylation is 1. The molecule has 1 amide bonds. The number of carboxylic acid groups (broad SMARTS) is 1. The molecule has 2 atom stereocenters. The zero-order valence-corrected chi connectivity index (χ0v) is 12.4. The molecule has 1 aromatic heterocycles. The van der Waals surface area contributed by atoms with Gasteiger partial charge in [-0.1, -0.05) is 13.3 Å². The molecule has 0 unspecified atom stereocenters. The van der Waals surface area contributed by atoms with Crippen LogP contribution < -0.4 is 5.32 Å². The van der Waals surface area contributed by atoms with Gasteiger partial charge in [0.25, 0.3) is 5.91 Å². The van der Waals surface area contributed by atoms with Gasteiger partial charge in [-0.15, -0.1) is 0 Å². The lowest BCUT2D eigenvalue weighted by atomic mass is 9.98. The van der Waals surface area contributed by atoms with Crippen molar-refractivity contribution in [3.8, 4) is 0 Å². The molecule has 21 heavy (non-hydrogen) atoms. The summed E-state index contributed by atoms with van der Waals surface area (Å²) in [5, 5.41) is 18.6. The summed E-state index contributed by atoms with van der Waals surface area (Å²) in [4.78, 5) is 24.9. The Kier molecular flexibility index (Phi) is 4.95. The fraction of sp³-hybridized carbons (Fsp3) is 0.643. The summed E-state index contributed by atoms with van der Waals surface area (Å²) in [6.45, 7) is 5.24. The van der Waals surface area contributed by atoms with E-state index in [1.165, 1.54) is 0 Å². The normalized spacial score (nSPS) is 22.4. The van der Waals surface area contributed by atoms with Gasteiger partial charge in [-0.25, -0.2) is 0 Å². The number of amides is 1. The maximum absolute atomic E-state index is 12.2. The quantitative estimate of drug-likeness (QED) is 0.715. The van der Waals surface area contributed by atoms with Crippen LogP contribution in [0.5, 0.6) is 0 Å². The monoisotopic (exact) mass is 294 g/mol. The van der Waals surface area contributed by atoms with Gasteiger partial charge in [-0.3, -0.25) is 19.6 Å². The summed E-state index contributed by atoms with van der Waals surface area (Å²) >= 11 is 0. The number of aliphatic carboxylic acids is 1. The first-order valence-electron chi connectivity index (χ1n) is 7.26. The first-order valence-corrected chi connectivity index (χ1v) is 7.26. The summed E-state index contributed by atoms with van der Waals surface area (Å²) in [6.07, 6.45) is 1.99. The number of hydrogen-bond donors (Lipinski definition) is 3. The van der Waals surface area contributed by atoms with Crippen LogP contribution in [0.1, 0.15) is 35.9 Å². The summed E-state index contributed by atoms with van der Waals surface area (Å²) in [7, 11) is 0. The lowest BCUT2D eigenvalue weighted by molar-refractivity contribution is -0.138. The minimum atomic E-state index is -0.833. The molecule has 1 aliphatic rings. The summed E-state index contributed by atoms with van der Waals surface area (Å²) < 4.78 is 0. The number of nitrogens with zero attached hydrogens (tertiary/aromatic N) is 2. The van der Waals surface area contributed by atoms with E-state index in [1.807, 2.05) is 11.8 Å². The van der Waals surface area contributed by atoms with E-state index in [9.17, 15) is 9.59 Å². The number of likely N-dealkylation sites (tertiary alicyclic amines) is 1. The number of aromatic nitrogens is 2. The molecule has 1 aliphatic heterocycles. The fourth-order valence-corrected chi connectivity index (χ4v) is 2.88. The Morgan fingerprint density at radius 1 is 1.52 bits per heavy atom. The van der Waals surface area contributed by atoms with Gasteiger partial charge in [0.15, 0.2) is 0 Å². The van der Waals surface area contributed by atoms with Gasteiger partial charge in [-0.2, -0.15) is 5.10 Å². The van der Waals surface area contributed by atoms with Gasteiger partial charge < -0.3 is 10.4 Å². The van der Waals surface area contributed by atoms with Gasteiger partial charge in [0, 0.05) is 24.8 Å². The Bertz CT molecular complexity index is 514. The van der Waals surface area contributed by atoms with Crippen LogP contribution >= 0.6 is 0 Å². The average Bonchev–Trinajstić information content (AvgIpc) is 2.97. The SMILES string of the molecule is CCC[C@@H]1CN(CC(=O)O)C[C@H]1NC(=O)c1cc(C)[nH]n1. The van der Waals surface area contributed by atoms with E-state index in [0.29, 0.717) is 24.7 Å². The van der Waals surface area contributed by atoms with Crippen molar-refractivity contribution in [3.63, 3.8) is 0 Å². The van der Waals surface area contributed by atoms with E-state index in [0.717, 1.165) is 18.5 Å². The third kappa shape index (κ3) is 4.04. The van der Waals surface area contributed by atoms with Crippen molar-refractivity contribution in [2.45, 2.75) is 32.7 Å². The molecular formula is C14H22N4O3. The van der Waals surface area contributed by atoms with Crippen molar-refractivity contribution in [1.29, 1.82) is 0 Å². The number of H-pyrrole nitrogens is 1. The number of hydrogen-bond acceptors (Lipinski definition) is 4. The van der Waals surface area contributed by atoms with Crippen LogP contribution in [0.25, 0.3) is 0 Å². The molecule has 3 N–H and O–H groups in total. The van der Waals surface area contributed by atoms with Crippen LogP contribution in [0.3, 0.4) is 0 Å². The highest BCUT2D eigenvalue weighted by atomic mass is 16.4. The van der Waals surface area contributed by atoms with Crippen molar-refractivity contribution in [2.75, 3.05) is 19.6 Å². The van der Waals surface area contributed by atoms with Crippen molar-refractivity contribution < 1.29 is 14.7 Å². The minimum absolute atomic E-state index is 0.0196. The molecule has 0 saturated carbocycles. The number of rotatable bonds is 6. The lowest BCUT2D eigenvalue weighted by Crippen LogP contribution is -2.41. The van der Waals surface area contributed by atoms with Crippen LogP contribution in [0.2, 0.25) is 0 Å². The Morgan fingerprint density at radius 3 is 2.86 bits per heavy atom. The summed E-state index contributed by atoms with van der Waals surface area (Å²) in [5.41, 5.74) is 1.21. The Labute approximate surface area is 123 Å². The topological polar surface area (TPSA) is 98.3 Å². The van der Waals surface area contributed by atoms with Gasteiger partial charge in [-0.05, 0) is 25.3 Å². The number of carboxylic acids is 1. The molecular weight excluding hydrogens is 272 g/mol. The Morgan fingerprint density at radius 2 is 2.29 bits per heavy atom. The van der Waals surface area contributed by atoms with Crippen LogP contribution in [0.4, 0.5) is 0 Å². The molecule has 7 nitrogen and oxygen atoms in total. The molecule has 0 spiro atoms. The fourth-order valence-electron chi connectivity index (χ4n) is 2.88. The van der Waals surface area contributed by atoms with Crippen LogP contribution in [-0.4, -0.2) is 57.8 Å². The van der Waals surface area contributed by atoms with E-state index < -0.39 is 5.97 Å². The molecule has 7 heteroatoms. The molecule has 116 valence electrons. The standard InChI is InChI=1S/C14H22N4O3/c1-3-4-10-6-18(8-13(19)20)7-12(10)15-14(21)11-5-9(2)16-17-11/h5,10,12H,3-4,6-8H2,1-2H3,(H,15,21)(H,16,17)(H,19,20)/t10-,12-/m1/s1. The highest BCUT2D eigenvalue weighted by molar-refractivity contribution is 5.92. The molecule has 0 radical (unpaired) electrons. The van der Waals surface area contributed by atoms with Gasteiger partial charge >= 0.3 is 5.97 Å². The van der Waals surface area contributed by atoms with Gasteiger partial charge in [0.2, 0.25) is 0 Å². The summed E-state index contributed by atoms with van der Waals surface area (Å²) in [6, 6.07) is 1.68. The van der Waals surface area contributed by atoms with Crippen LogP contribution in [0.15, 0.2) is 6.07 Å². The third-order valence-electron chi connectivity index (χ3n) is 3.79. The van der Waals surface area contributed by atoms with E-state index in [2.05, 4.69) is 22.4 Å². The van der Waals surface area contributed by atoms with Gasteiger partial charge in [0.05, 0.1) is 6.54 Å². The molecule has 0 aromatic carbocycles. The van der Waals surface area contributed by atoms with Crippen molar-refractivity contribution in [1.82, 2.24) is 20.4 Å². The summed E-state index contributed by atoms with van der Waals surface area (Å²) in [5.74, 6) is -0.749. The Hall–Kier alpha value is -1.89. The highest BCUT2D eigenvalue weighted by Gasteiger charge is 2.34. The van der Waals surface area contributed by atoms with Gasteiger partial charge in [0.1, 0.15) is 5.69 Å². The third-order valence-corrected chi connectivity index (χ3v) is 3.79. The number of carbonyl (C=O) groups excluding carboxylic acids is 1. The number of nitrogens with one attached hydrogen (secondary N) is 2. The predicted molar refractivity (Wildman–Crippen MR) is 77.1 cm³/mol. The first-order chi connectivity index (χ1) is 9.99. The maximum Gasteiger partial charge on any atom is 0.317 e. The Balaban J connectivity index is 1.98. The highest BCUT2D eigenvalue weighted by Crippen LogP contribution is 2.22. The molecule has 1 aromatic rings. The molecule has 2 rings (SSSR count). The zero-order chi connectivity index (χ0) is 15.4. The van der Waals surface area contributed by atoms with E-state index in [4.69, 9.17) is 5.11 Å². The molecule has 2 heterocycles. The van der Waals surface area contributed by atoms with E-state index >= 15 is 0 Å². The second-order valence-electron chi connectivity index (χ2n) is 5.65. The first kappa shape index (κ1) is 15.5. The molecule has 0 bridgehead atoms. The van der Waals surface area contributed by atoms with Crippen molar-refractivity contribution >= 4 is 11.9 Å². The second-order valence-corrected chi connectivity index (χ2v) is 5.65. The smallest absolute Gasteiger partial charge is 0.317 e. The largest absolute Gasteiger partial charge is 0.480 e. The second kappa shape index (κ2) is 6.71. The molecule has 1 saturated heterocycles. The van der Waals surface area contributed by atoms with Crippen LogP contribution in [0, 0.1) is 12.8 Å².